The fourth-order valence-electron chi connectivity index (χ4n) is 1.85. The van der Waals surface area contributed by atoms with Gasteiger partial charge in [0.2, 0.25) is 0 Å². The number of sulfonamides is 1. The lowest BCUT2D eigenvalue weighted by atomic mass is 10.2. The molecule has 0 fully saturated rings. The molecule has 2 aromatic carbocycles. The number of rotatable bonds is 5. The second-order valence-electron chi connectivity index (χ2n) is 5.01. The average molecular weight is 335 g/mol. The average Bonchev–Trinajstić information content (AvgIpc) is 2.53. The third-order valence-electron chi connectivity index (χ3n) is 3.15. The normalized spacial score (nSPS) is 11.1. The van der Waals surface area contributed by atoms with Crippen molar-refractivity contribution >= 4 is 21.7 Å². The van der Waals surface area contributed by atoms with E-state index >= 15 is 0 Å². The number of ether oxygens (including phenoxy) is 1. The Hall–Kier alpha value is -2.38. The van der Waals surface area contributed by atoms with Gasteiger partial charge < -0.3 is 4.74 Å². The van der Waals surface area contributed by atoms with E-state index in [0.29, 0.717) is 5.56 Å². The van der Waals surface area contributed by atoms with Crippen molar-refractivity contribution in [3.05, 3.63) is 59.7 Å². The van der Waals surface area contributed by atoms with Crippen molar-refractivity contribution in [2.75, 3.05) is 4.47 Å². The second-order valence-corrected chi connectivity index (χ2v) is 6.78. The molecule has 0 aliphatic carbocycles. The molecule has 0 aliphatic rings. The smallest absolute Gasteiger partial charge is 0.302 e. The Labute approximate surface area is 134 Å². The number of hydrogen-bond acceptors (Lipinski definition) is 5. The van der Waals surface area contributed by atoms with Gasteiger partial charge in [-0.2, -0.15) is 8.42 Å². The minimum Gasteiger partial charge on any atom is -0.461 e. The van der Waals surface area contributed by atoms with Crippen LogP contribution >= 0.6 is 0 Å². The molecule has 1 N–H and O–H groups in total. The predicted molar refractivity (Wildman–Crippen MR) is 84.5 cm³/mol. The summed E-state index contributed by atoms with van der Waals surface area (Å²) in [6.07, 6.45) is 0. The van der Waals surface area contributed by atoms with Crippen molar-refractivity contribution in [3.8, 4) is 0 Å². The number of carbonyl (C=O) groups excluding carboxylic acids is 1. The van der Waals surface area contributed by atoms with E-state index < -0.39 is 16.0 Å². The number of esters is 1. The van der Waals surface area contributed by atoms with Gasteiger partial charge in [0.25, 0.3) is 10.0 Å². The van der Waals surface area contributed by atoms with E-state index in [9.17, 15) is 18.4 Å². The van der Waals surface area contributed by atoms with Crippen LogP contribution in [0, 0.1) is 6.92 Å². The topological polar surface area (TPSA) is 83.9 Å². The van der Waals surface area contributed by atoms with Crippen molar-refractivity contribution in [2.45, 2.75) is 25.3 Å². The van der Waals surface area contributed by atoms with Crippen LogP contribution in [0.3, 0.4) is 0 Å². The molecule has 0 amide bonds. The summed E-state index contributed by atoms with van der Waals surface area (Å²) < 4.78 is 29.8. The molecular formula is C16H17NO5S. The van der Waals surface area contributed by atoms with Gasteiger partial charge in [-0.15, -0.1) is 4.47 Å². The number of anilines is 1. The van der Waals surface area contributed by atoms with E-state index in [1.165, 1.54) is 31.2 Å². The molecule has 0 spiro atoms. The Morgan fingerprint density at radius 2 is 1.65 bits per heavy atom. The number of carbonyl (C=O) groups is 1. The standard InChI is InChI=1S/C16H17NO5S/c1-12-3-9-16(10-4-12)23(20,21)17(19)15-7-5-14(6-8-15)11-22-13(2)18/h3-10,19H,11H2,1-2H3. The molecule has 0 bridgehead atoms. The SMILES string of the molecule is CC(=O)OCc1ccc(N(O)S(=O)(=O)c2ccc(C)cc2)cc1. The summed E-state index contributed by atoms with van der Waals surface area (Å²) in [6, 6.07) is 12.2. The summed E-state index contributed by atoms with van der Waals surface area (Å²) in [5.74, 6) is -0.403. The zero-order valence-corrected chi connectivity index (χ0v) is 13.6. The van der Waals surface area contributed by atoms with Crippen LogP contribution in [0.15, 0.2) is 53.4 Å². The fourth-order valence-corrected chi connectivity index (χ4v) is 2.93. The highest BCUT2D eigenvalue weighted by Gasteiger charge is 2.23. The first kappa shape index (κ1) is 17.0. The van der Waals surface area contributed by atoms with Crippen LogP contribution in [0.25, 0.3) is 0 Å². The minimum absolute atomic E-state index is 0.00501. The summed E-state index contributed by atoms with van der Waals surface area (Å²) in [5.41, 5.74) is 1.70. The summed E-state index contributed by atoms with van der Waals surface area (Å²) >= 11 is 0. The number of aryl methyl sites for hydroxylation is 1. The van der Waals surface area contributed by atoms with E-state index in [1.807, 2.05) is 6.92 Å². The van der Waals surface area contributed by atoms with Crippen molar-refractivity contribution in [1.29, 1.82) is 0 Å². The molecule has 0 heterocycles. The Balaban J connectivity index is 2.20. The van der Waals surface area contributed by atoms with Crippen LogP contribution in [0.5, 0.6) is 0 Å². The highest BCUT2D eigenvalue weighted by molar-refractivity contribution is 7.92. The van der Waals surface area contributed by atoms with Gasteiger partial charge in [0.1, 0.15) is 6.61 Å². The first-order valence-corrected chi connectivity index (χ1v) is 8.28. The predicted octanol–water partition coefficient (Wildman–Crippen LogP) is 2.64. The summed E-state index contributed by atoms with van der Waals surface area (Å²) in [5, 5.41) is 10.0. The lowest BCUT2D eigenvalue weighted by molar-refractivity contribution is -0.142. The second kappa shape index (κ2) is 6.80. The van der Waals surface area contributed by atoms with Crippen LogP contribution < -0.4 is 4.47 Å². The zero-order valence-electron chi connectivity index (χ0n) is 12.8. The van der Waals surface area contributed by atoms with E-state index in [4.69, 9.17) is 4.74 Å². The molecule has 23 heavy (non-hydrogen) atoms. The quantitative estimate of drug-likeness (QED) is 0.671. The largest absolute Gasteiger partial charge is 0.461 e. The van der Waals surface area contributed by atoms with Crippen LogP contribution in [0.2, 0.25) is 0 Å². The van der Waals surface area contributed by atoms with Crippen LogP contribution in [-0.4, -0.2) is 19.6 Å². The van der Waals surface area contributed by atoms with Gasteiger partial charge in [0, 0.05) is 6.92 Å². The van der Waals surface area contributed by atoms with E-state index in [0.717, 1.165) is 5.56 Å². The maximum absolute atomic E-state index is 12.4. The van der Waals surface area contributed by atoms with Gasteiger partial charge >= 0.3 is 5.97 Å². The fraction of sp³-hybridized carbons (Fsp3) is 0.188. The molecule has 0 saturated carbocycles. The Bertz CT molecular complexity index is 782. The van der Waals surface area contributed by atoms with E-state index in [-0.39, 0.29) is 21.7 Å². The van der Waals surface area contributed by atoms with Crippen molar-refractivity contribution in [1.82, 2.24) is 0 Å². The summed E-state index contributed by atoms with van der Waals surface area (Å²) in [4.78, 5) is 10.7. The molecule has 6 nitrogen and oxygen atoms in total. The monoisotopic (exact) mass is 335 g/mol. The maximum atomic E-state index is 12.4. The first-order chi connectivity index (χ1) is 10.8. The molecule has 0 radical (unpaired) electrons. The molecule has 0 aliphatic heterocycles. The van der Waals surface area contributed by atoms with Crippen molar-refractivity contribution in [3.63, 3.8) is 0 Å². The molecule has 2 aromatic rings. The van der Waals surface area contributed by atoms with Gasteiger partial charge in [-0.25, -0.2) is 0 Å². The molecule has 122 valence electrons. The summed E-state index contributed by atoms with van der Waals surface area (Å²) in [6.45, 7) is 3.23. The number of benzene rings is 2. The number of nitrogens with zero attached hydrogens (tertiary/aromatic N) is 1. The van der Waals surface area contributed by atoms with Gasteiger partial charge in [0.05, 0.1) is 10.6 Å². The van der Waals surface area contributed by atoms with Gasteiger partial charge in [-0.3, -0.25) is 10.0 Å². The molecule has 0 atom stereocenters. The van der Waals surface area contributed by atoms with Crippen molar-refractivity contribution in [2.24, 2.45) is 0 Å². The first-order valence-electron chi connectivity index (χ1n) is 6.84. The lowest BCUT2D eigenvalue weighted by Gasteiger charge is -2.17. The molecule has 0 unspecified atom stereocenters. The van der Waals surface area contributed by atoms with Gasteiger partial charge in [-0.05, 0) is 36.8 Å². The van der Waals surface area contributed by atoms with E-state index in [2.05, 4.69) is 0 Å². The highest BCUT2D eigenvalue weighted by atomic mass is 32.2. The molecule has 0 saturated heterocycles. The Morgan fingerprint density at radius 1 is 1.09 bits per heavy atom. The molecular weight excluding hydrogens is 318 g/mol. The molecule has 0 aromatic heterocycles. The molecule has 7 heteroatoms. The lowest BCUT2D eigenvalue weighted by Crippen LogP contribution is -2.27. The van der Waals surface area contributed by atoms with Gasteiger partial charge in [0.15, 0.2) is 0 Å². The minimum atomic E-state index is -4.04. The van der Waals surface area contributed by atoms with E-state index in [1.54, 1.807) is 24.3 Å². The Kier molecular flexibility index (Phi) is 5.02. The third-order valence-corrected chi connectivity index (χ3v) is 4.68. The Morgan fingerprint density at radius 3 is 2.17 bits per heavy atom. The van der Waals surface area contributed by atoms with Gasteiger partial charge in [-0.1, -0.05) is 29.8 Å². The summed E-state index contributed by atoms with van der Waals surface area (Å²) in [7, 11) is -4.04. The van der Waals surface area contributed by atoms with Crippen LogP contribution in [0.1, 0.15) is 18.1 Å². The van der Waals surface area contributed by atoms with Crippen LogP contribution in [-0.2, 0) is 26.2 Å². The maximum Gasteiger partial charge on any atom is 0.302 e. The highest BCUT2D eigenvalue weighted by Crippen LogP contribution is 2.22. The van der Waals surface area contributed by atoms with Crippen molar-refractivity contribution < 1.29 is 23.2 Å². The number of hydrogen-bond donors (Lipinski definition) is 1. The zero-order chi connectivity index (χ0) is 17.0. The molecule has 2 rings (SSSR count). The third kappa shape index (κ3) is 4.08. The van der Waals surface area contributed by atoms with Crippen LogP contribution in [0.4, 0.5) is 5.69 Å².